The van der Waals surface area contributed by atoms with Crippen LogP contribution in [0.3, 0.4) is 0 Å². The molecule has 1 atom stereocenters. The number of hydrogen-bond donors (Lipinski definition) is 3. The van der Waals surface area contributed by atoms with Crippen LogP contribution in [0.2, 0.25) is 0 Å². The Morgan fingerprint density at radius 3 is 2.69 bits per heavy atom. The van der Waals surface area contributed by atoms with Gasteiger partial charge >= 0.3 is 11.7 Å². The van der Waals surface area contributed by atoms with Crippen LogP contribution in [0.1, 0.15) is 80.2 Å². The predicted molar refractivity (Wildman–Crippen MR) is 112 cm³/mol. The number of aromatic hydroxyl groups is 1. The minimum atomic E-state index is -1.14. The highest BCUT2D eigenvalue weighted by Crippen LogP contribution is 2.38. The summed E-state index contributed by atoms with van der Waals surface area (Å²) in [5, 5.41) is 22.5. The van der Waals surface area contributed by atoms with Crippen LogP contribution in [0.15, 0.2) is 33.5 Å². The number of anilines is 1. The summed E-state index contributed by atoms with van der Waals surface area (Å²) in [7, 11) is 0. The summed E-state index contributed by atoms with van der Waals surface area (Å²) in [6.07, 6.45) is 6.86. The molecular weight excluding hydrogens is 370 g/mol. The zero-order valence-electron chi connectivity index (χ0n) is 16.9. The number of rotatable bonds is 6. The van der Waals surface area contributed by atoms with E-state index in [0.717, 1.165) is 49.7 Å². The minimum Gasteiger partial charge on any atom is -0.507 e. The third-order valence-electron chi connectivity index (χ3n) is 5.63. The number of unbranched alkanes of at least 4 members (excludes halogenated alkanes) is 1. The smallest absolute Gasteiger partial charge is 0.409 e. The number of carboxylic acid groups (broad SMARTS) is 1. The largest absolute Gasteiger partial charge is 0.507 e. The molecular formula is C23H29NO5. The van der Waals surface area contributed by atoms with Gasteiger partial charge in [0, 0.05) is 23.6 Å². The van der Waals surface area contributed by atoms with Gasteiger partial charge in [-0.25, -0.2) is 9.59 Å². The first-order chi connectivity index (χ1) is 14.0. The summed E-state index contributed by atoms with van der Waals surface area (Å²) in [5.74, 6) is 0.333. The van der Waals surface area contributed by atoms with Gasteiger partial charge in [0.25, 0.3) is 0 Å². The van der Waals surface area contributed by atoms with E-state index in [1.807, 2.05) is 6.07 Å². The van der Waals surface area contributed by atoms with Gasteiger partial charge in [0.15, 0.2) is 0 Å². The first-order valence-electron chi connectivity index (χ1n) is 10.5. The topological polar surface area (TPSA) is 99.8 Å². The van der Waals surface area contributed by atoms with E-state index in [2.05, 4.69) is 12.2 Å². The molecule has 156 valence electrons. The number of carbonyl (C=O) groups is 1. The zero-order chi connectivity index (χ0) is 20.8. The van der Waals surface area contributed by atoms with E-state index in [1.165, 1.54) is 0 Å². The number of hydrogen-bond acceptors (Lipinski definition) is 4. The van der Waals surface area contributed by atoms with Crippen molar-refractivity contribution < 1.29 is 19.4 Å². The van der Waals surface area contributed by atoms with E-state index < -0.39 is 11.7 Å². The quantitative estimate of drug-likeness (QED) is 0.602. The van der Waals surface area contributed by atoms with E-state index >= 15 is 0 Å². The minimum absolute atomic E-state index is 0.0656. The molecule has 0 radical (unpaired) electrons. The van der Waals surface area contributed by atoms with Crippen molar-refractivity contribution >= 4 is 11.8 Å². The molecule has 1 aromatic heterocycles. The second kappa shape index (κ2) is 9.63. The van der Waals surface area contributed by atoms with E-state index in [4.69, 9.17) is 9.52 Å². The molecule has 0 bridgehead atoms. The lowest BCUT2D eigenvalue weighted by molar-refractivity contribution is 0.209. The van der Waals surface area contributed by atoms with Crippen molar-refractivity contribution in [3.8, 4) is 5.75 Å². The number of fused-ring (bicyclic) bond motifs is 1. The fraction of sp³-hybridized carbons (Fsp3) is 0.478. The summed E-state index contributed by atoms with van der Waals surface area (Å²) in [6, 6.07) is 7.01. The standard InChI is InChI=1S/C23H29NO5/c1-2-3-11-17(15-9-8-10-16(14-15)24-23(27)28)20-21(25)18-12-6-4-5-7-13-19(18)29-22(20)26/h8-10,14,17,24-25H,2-7,11-13H2,1H3,(H,27,28). The van der Waals surface area contributed by atoms with Crippen molar-refractivity contribution in [3.05, 3.63) is 57.1 Å². The molecule has 3 rings (SSSR count). The third kappa shape index (κ3) is 5.00. The molecule has 1 aliphatic rings. The van der Waals surface area contributed by atoms with Gasteiger partial charge in [-0.15, -0.1) is 0 Å². The number of nitrogens with one attached hydrogen (secondary N) is 1. The Morgan fingerprint density at radius 1 is 1.21 bits per heavy atom. The van der Waals surface area contributed by atoms with Gasteiger partial charge < -0.3 is 14.6 Å². The van der Waals surface area contributed by atoms with Gasteiger partial charge in [-0.2, -0.15) is 0 Å². The molecule has 2 aromatic rings. The molecule has 1 amide bonds. The summed E-state index contributed by atoms with van der Waals surface area (Å²) < 4.78 is 5.70. The molecule has 0 saturated carbocycles. The highest BCUT2D eigenvalue weighted by Gasteiger charge is 2.27. The maximum Gasteiger partial charge on any atom is 0.409 e. The van der Waals surface area contributed by atoms with Crippen LogP contribution in [0.25, 0.3) is 0 Å². The lowest BCUT2D eigenvalue weighted by atomic mass is 9.85. The van der Waals surface area contributed by atoms with Crippen molar-refractivity contribution in [2.24, 2.45) is 0 Å². The Bertz CT molecular complexity index is 918. The molecule has 6 heteroatoms. The van der Waals surface area contributed by atoms with Gasteiger partial charge in [-0.05, 0) is 43.4 Å². The van der Waals surface area contributed by atoms with Gasteiger partial charge in [0.2, 0.25) is 0 Å². The van der Waals surface area contributed by atoms with Gasteiger partial charge in [0.1, 0.15) is 11.5 Å². The molecule has 6 nitrogen and oxygen atoms in total. The average molecular weight is 399 g/mol. The third-order valence-corrected chi connectivity index (χ3v) is 5.63. The van der Waals surface area contributed by atoms with Crippen molar-refractivity contribution in [1.82, 2.24) is 0 Å². The predicted octanol–water partition coefficient (Wildman–Crippen LogP) is 5.42. The lowest BCUT2D eigenvalue weighted by Gasteiger charge is -2.22. The SMILES string of the molecule is CCCCC(c1cccc(NC(=O)O)c1)c1c(O)c2c(oc1=O)CCCCCC2. The first kappa shape index (κ1) is 21.0. The highest BCUT2D eigenvalue weighted by atomic mass is 16.4. The molecule has 1 aromatic carbocycles. The molecule has 1 heterocycles. The summed E-state index contributed by atoms with van der Waals surface area (Å²) in [5.41, 5.74) is 1.80. The Hall–Kier alpha value is -2.76. The van der Waals surface area contributed by atoms with Crippen molar-refractivity contribution in [3.63, 3.8) is 0 Å². The second-order valence-corrected chi connectivity index (χ2v) is 7.72. The van der Waals surface area contributed by atoms with Gasteiger partial charge in [0.05, 0.1) is 5.56 Å². The Morgan fingerprint density at radius 2 is 1.97 bits per heavy atom. The number of amides is 1. The molecule has 3 N–H and O–H groups in total. The molecule has 1 unspecified atom stereocenters. The highest BCUT2D eigenvalue weighted by molar-refractivity contribution is 5.82. The van der Waals surface area contributed by atoms with Crippen molar-refractivity contribution in [1.29, 1.82) is 0 Å². The fourth-order valence-electron chi connectivity index (χ4n) is 4.17. The van der Waals surface area contributed by atoms with Gasteiger partial charge in [-0.3, -0.25) is 5.32 Å². The number of benzene rings is 1. The van der Waals surface area contributed by atoms with E-state index in [9.17, 15) is 14.7 Å². The second-order valence-electron chi connectivity index (χ2n) is 7.72. The molecule has 0 fully saturated rings. The molecule has 0 saturated heterocycles. The molecule has 0 aliphatic heterocycles. The van der Waals surface area contributed by atoms with Gasteiger partial charge in [-0.1, -0.05) is 44.7 Å². The average Bonchev–Trinajstić information content (AvgIpc) is 2.65. The van der Waals surface area contributed by atoms with E-state index in [0.29, 0.717) is 36.3 Å². The molecule has 29 heavy (non-hydrogen) atoms. The van der Waals surface area contributed by atoms with Crippen LogP contribution >= 0.6 is 0 Å². The van der Waals surface area contributed by atoms with Crippen molar-refractivity contribution in [2.75, 3.05) is 5.32 Å². The van der Waals surface area contributed by atoms with Crippen LogP contribution in [0.5, 0.6) is 5.75 Å². The Kier molecular flexibility index (Phi) is 6.96. The summed E-state index contributed by atoms with van der Waals surface area (Å²) in [4.78, 5) is 23.9. The zero-order valence-corrected chi connectivity index (χ0v) is 16.9. The normalized spacial score (nSPS) is 15.1. The van der Waals surface area contributed by atoms with E-state index in [-0.39, 0.29) is 11.7 Å². The van der Waals surface area contributed by atoms with E-state index in [1.54, 1.807) is 18.2 Å². The van der Waals surface area contributed by atoms with Crippen molar-refractivity contribution in [2.45, 2.75) is 70.6 Å². The Balaban J connectivity index is 2.08. The van der Waals surface area contributed by atoms with Crippen LogP contribution in [-0.2, 0) is 12.8 Å². The first-order valence-corrected chi connectivity index (χ1v) is 10.5. The fourth-order valence-corrected chi connectivity index (χ4v) is 4.17. The Labute approximate surface area is 170 Å². The van der Waals surface area contributed by atoms with Crippen LogP contribution in [0.4, 0.5) is 10.5 Å². The maximum absolute atomic E-state index is 12.9. The van der Waals surface area contributed by atoms with Crippen LogP contribution < -0.4 is 10.9 Å². The number of aryl methyl sites for hydroxylation is 1. The molecule has 1 aliphatic carbocycles. The summed E-state index contributed by atoms with van der Waals surface area (Å²) in [6.45, 7) is 2.07. The molecule has 0 spiro atoms. The summed E-state index contributed by atoms with van der Waals surface area (Å²) >= 11 is 0. The van der Waals surface area contributed by atoms with Crippen LogP contribution in [0, 0.1) is 0 Å². The lowest BCUT2D eigenvalue weighted by Crippen LogP contribution is -2.18. The van der Waals surface area contributed by atoms with Crippen LogP contribution in [-0.4, -0.2) is 16.3 Å². The monoisotopic (exact) mass is 399 g/mol. The maximum atomic E-state index is 12.9.